The highest BCUT2D eigenvalue weighted by molar-refractivity contribution is 6.76. The number of hydrogen-bond donors (Lipinski definition) is 0. The Morgan fingerprint density at radius 2 is 1.80 bits per heavy atom. The molecule has 10 nitrogen and oxygen atoms in total. The molecule has 45 heavy (non-hydrogen) atoms. The summed E-state index contributed by atoms with van der Waals surface area (Å²) in [4.78, 5) is 26.3. The minimum atomic E-state index is -1.22. The second-order valence-corrected chi connectivity index (χ2v) is 20.5. The third-order valence-electron chi connectivity index (χ3n) is 8.08. The molecular weight excluding hydrogens is 584 g/mol. The molecular formula is C34H50N6O4Si. The number of ether oxygens (including phenoxy) is 3. The van der Waals surface area contributed by atoms with Crippen LogP contribution in [0.2, 0.25) is 25.7 Å². The number of fused-ring (bicyclic) bond motifs is 3. The average Bonchev–Trinajstić information content (AvgIpc) is 3.32. The first-order valence-electron chi connectivity index (χ1n) is 16.1. The van der Waals surface area contributed by atoms with Crippen LogP contribution in [0.15, 0.2) is 24.4 Å². The van der Waals surface area contributed by atoms with Gasteiger partial charge in [-0.05, 0) is 64.8 Å². The molecule has 2 aliphatic rings. The maximum absolute atomic E-state index is 12.7. The van der Waals surface area contributed by atoms with Gasteiger partial charge in [-0.2, -0.15) is 5.10 Å². The number of nitrogens with zero attached hydrogens (tertiary/aromatic N) is 6. The number of piperazine rings is 1. The number of aryl methyl sites for hydroxylation is 2. The third-order valence-corrected chi connectivity index (χ3v) is 9.78. The lowest BCUT2D eigenvalue weighted by atomic mass is 9.94. The Kier molecular flexibility index (Phi) is 9.33. The predicted octanol–water partition coefficient (Wildman–Crippen LogP) is 6.88. The second-order valence-electron chi connectivity index (χ2n) is 14.9. The first kappa shape index (κ1) is 32.9. The summed E-state index contributed by atoms with van der Waals surface area (Å²) in [7, 11) is -1.22. The maximum atomic E-state index is 12.7. The lowest BCUT2D eigenvalue weighted by Crippen LogP contribution is -2.59. The summed E-state index contributed by atoms with van der Waals surface area (Å²) in [5, 5.41) is 5.18. The Hall–Kier alpha value is -3.44. The number of carbonyl (C=O) groups is 1. The maximum Gasteiger partial charge on any atom is 0.410 e. The zero-order valence-corrected chi connectivity index (χ0v) is 29.7. The van der Waals surface area contributed by atoms with Gasteiger partial charge in [-0.25, -0.2) is 14.5 Å². The van der Waals surface area contributed by atoms with Gasteiger partial charge >= 0.3 is 6.09 Å². The highest BCUT2D eigenvalue weighted by Crippen LogP contribution is 2.41. The van der Waals surface area contributed by atoms with Gasteiger partial charge in [0.2, 0.25) is 0 Å². The lowest BCUT2D eigenvalue weighted by Gasteiger charge is -2.44. The molecule has 3 aromatic heterocycles. The van der Waals surface area contributed by atoms with Crippen molar-refractivity contribution in [2.45, 2.75) is 98.4 Å². The van der Waals surface area contributed by atoms with Gasteiger partial charge in [0, 0.05) is 68.6 Å². The summed E-state index contributed by atoms with van der Waals surface area (Å²) < 4.78 is 20.2. The van der Waals surface area contributed by atoms with Crippen molar-refractivity contribution in [3.05, 3.63) is 41.3 Å². The van der Waals surface area contributed by atoms with E-state index in [4.69, 9.17) is 24.3 Å². The third kappa shape index (κ3) is 7.69. The van der Waals surface area contributed by atoms with E-state index in [1.54, 1.807) is 4.90 Å². The van der Waals surface area contributed by atoms with Crippen molar-refractivity contribution in [3.8, 4) is 28.3 Å². The smallest absolute Gasteiger partial charge is 0.410 e. The van der Waals surface area contributed by atoms with E-state index in [1.807, 2.05) is 45.5 Å². The molecule has 0 bridgehead atoms. The van der Waals surface area contributed by atoms with Crippen molar-refractivity contribution in [2.75, 3.05) is 37.7 Å². The first-order valence-corrected chi connectivity index (χ1v) is 19.8. The van der Waals surface area contributed by atoms with Crippen molar-refractivity contribution in [3.63, 3.8) is 0 Å². The van der Waals surface area contributed by atoms with Gasteiger partial charge in [0.15, 0.2) is 11.6 Å². The number of amides is 1. The standard InChI is InChI=1S/C34H50N6O4Si/c1-22(2)29-30(37-40(21-42-13-14-45(8,9)10)31(29)25-15-23(3)36-24(4)16-25)26-17-28-32(35-18-26)39-12-11-38(19-27(39)20-43-28)33(41)44-34(5,6)7/h15-18,22,27H,11-14,19-21H2,1-10H3/t27-/m0/s1. The molecule has 3 aromatic rings. The number of hydrogen-bond acceptors (Lipinski definition) is 8. The van der Waals surface area contributed by atoms with Gasteiger partial charge in [-0.3, -0.25) is 4.98 Å². The van der Waals surface area contributed by atoms with E-state index in [0.29, 0.717) is 39.6 Å². The molecule has 244 valence electrons. The number of aromatic nitrogens is 4. The van der Waals surface area contributed by atoms with Gasteiger partial charge in [0.05, 0.1) is 17.4 Å². The monoisotopic (exact) mass is 634 g/mol. The van der Waals surface area contributed by atoms with Crippen molar-refractivity contribution < 1.29 is 19.0 Å². The molecule has 1 fully saturated rings. The van der Waals surface area contributed by atoms with Crippen LogP contribution in [0.1, 0.15) is 57.5 Å². The topological polar surface area (TPSA) is 94.8 Å². The van der Waals surface area contributed by atoms with Crippen molar-refractivity contribution >= 4 is 20.0 Å². The Labute approximate surface area is 269 Å². The molecule has 0 radical (unpaired) electrons. The Morgan fingerprint density at radius 3 is 2.44 bits per heavy atom. The predicted molar refractivity (Wildman–Crippen MR) is 181 cm³/mol. The molecule has 0 saturated carbocycles. The van der Waals surface area contributed by atoms with Crippen LogP contribution in [0.4, 0.5) is 10.6 Å². The minimum Gasteiger partial charge on any atom is -0.487 e. The van der Waals surface area contributed by atoms with E-state index in [2.05, 4.69) is 61.6 Å². The summed E-state index contributed by atoms with van der Waals surface area (Å²) in [5.74, 6) is 1.74. The zero-order chi connectivity index (χ0) is 32.7. The highest BCUT2D eigenvalue weighted by atomic mass is 28.3. The quantitative estimate of drug-likeness (QED) is 0.196. The lowest BCUT2D eigenvalue weighted by molar-refractivity contribution is 0.0194. The van der Waals surface area contributed by atoms with Gasteiger partial charge in [0.25, 0.3) is 0 Å². The van der Waals surface area contributed by atoms with Gasteiger partial charge in [0.1, 0.15) is 18.9 Å². The zero-order valence-electron chi connectivity index (χ0n) is 28.7. The number of carbonyl (C=O) groups excluding carboxylic acids is 1. The molecule has 1 amide bonds. The number of rotatable bonds is 8. The van der Waals surface area contributed by atoms with Gasteiger partial charge in [-0.1, -0.05) is 33.5 Å². The van der Waals surface area contributed by atoms with Crippen LogP contribution >= 0.6 is 0 Å². The van der Waals surface area contributed by atoms with Crippen LogP contribution in [0.3, 0.4) is 0 Å². The van der Waals surface area contributed by atoms with E-state index >= 15 is 0 Å². The molecule has 5 rings (SSSR count). The molecule has 0 N–H and O–H groups in total. The molecule has 11 heteroatoms. The fourth-order valence-corrected chi connectivity index (χ4v) is 6.73. The summed E-state index contributed by atoms with van der Waals surface area (Å²) >= 11 is 0. The van der Waals surface area contributed by atoms with E-state index < -0.39 is 13.7 Å². The van der Waals surface area contributed by atoms with Crippen molar-refractivity contribution in [1.82, 2.24) is 24.6 Å². The van der Waals surface area contributed by atoms with Crippen LogP contribution in [-0.4, -0.2) is 83.3 Å². The summed E-state index contributed by atoms with van der Waals surface area (Å²) in [5.41, 5.74) is 6.50. The summed E-state index contributed by atoms with van der Waals surface area (Å²) in [6.45, 7) is 24.6. The number of anilines is 1. The molecule has 5 heterocycles. The van der Waals surface area contributed by atoms with Gasteiger partial charge in [-0.15, -0.1) is 0 Å². The molecule has 1 atom stereocenters. The van der Waals surface area contributed by atoms with Crippen LogP contribution in [0.5, 0.6) is 5.75 Å². The van der Waals surface area contributed by atoms with E-state index in [0.717, 1.165) is 57.1 Å². The minimum absolute atomic E-state index is 0.0145. The Bertz CT molecular complexity index is 1520. The summed E-state index contributed by atoms with van der Waals surface area (Å²) in [6, 6.07) is 7.43. The Morgan fingerprint density at radius 1 is 1.09 bits per heavy atom. The fraction of sp³-hybridized carbons (Fsp3) is 0.588. The highest BCUT2D eigenvalue weighted by Gasteiger charge is 2.37. The first-order chi connectivity index (χ1) is 21.1. The van der Waals surface area contributed by atoms with Crippen molar-refractivity contribution in [1.29, 1.82) is 0 Å². The van der Waals surface area contributed by atoms with Crippen LogP contribution in [0, 0.1) is 13.8 Å². The number of pyridine rings is 2. The second kappa shape index (κ2) is 12.7. The van der Waals surface area contributed by atoms with Gasteiger partial charge < -0.3 is 24.0 Å². The molecule has 0 aromatic carbocycles. The SMILES string of the molecule is Cc1cc(-c2c(C(C)C)c(-c3cnc4c(c3)OC[C@@H]3CN(C(=O)OC(C)(C)C)CCN43)nn2COCC[Si](C)(C)C)cc(C)n1. The summed E-state index contributed by atoms with van der Waals surface area (Å²) in [6.07, 6.45) is 1.62. The van der Waals surface area contributed by atoms with E-state index in [9.17, 15) is 4.79 Å². The molecule has 2 aliphatic heterocycles. The van der Waals surface area contributed by atoms with Crippen LogP contribution in [0.25, 0.3) is 22.5 Å². The van der Waals surface area contributed by atoms with E-state index in [1.165, 1.54) is 0 Å². The largest absolute Gasteiger partial charge is 0.487 e. The molecule has 1 saturated heterocycles. The molecule has 0 spiro atoms. The van der Waals surface area contributed by atoms with Crippen molar-refractivity contribution in [2.24, 2.45) is 0 Å². The Balaban J connectivity index is 1.47. The normalized spacial score (nSPS) is 16.8. The molecule has 0 unspecified atom stereocenters. The van der Waals surface area contributed by atoms with Crippen LogP contribution in [-0.2, 0) is 16.2 Å². The van der Waals surface area contributed by atoms with E-state index in [-0.39, 0.29) is 18.1 Å². The fourth-order valence-electron chi connectivity index (χ4n) is 5.98. The average molecular weight is 635 g/mol. The van der Waals surface area contributed by atoms with Crippen LogP contribution < -0.4 is 9.64 Å². The molecule has 0 aliphatic carbocycles.